The molecule has 176 valence electrons. The van der Waals surface area contributed by atoms with Gasteiger partial charge in [-0.05, 0) is 12.8 Å². The summed E-state index contributed by atoms with van der Waals surface area (Å²) in [5.74, 6) is 1.22. The monoisotopic (exact) mass is 562 g/mol. The zero-order chi connectivity index (χ0) is 21.6. The van der Waals surface area contributed by atoms with E-state index in [0.717, 1.165) is 68.8 Å². The summed E-state index contributed by atoms with van der Waals surface area (Å²) in [6.45, 7) is 13.2. The number of halogens is 1. The third-order valence-corrected chi connectivity index (χ3v) is 6.77. The van der Waals surface area contributed by atoms with Crippen molar-refractivity contribution in [2.45, 2.75) is 58.4 Å². The lowest BCUT2D eigenvalue weighted by Gasteiger charge is -2.36. The van der Waals surface area contributed by atoms with Crippen molar-refractivity contribution in [1.82, 2.24) is 25.0 Å². The maximum absolute atomic E-state index is 12.7. The van der Waals surface area contributed by atoms with E-state index in [1.54, 1.807) is 11.3 Å². The lowest BCUT2D eigenvalue weighted by molar-refractivity contribution is -0.132. The van der Waals surface area contributed by atoms with Gasteiger partial charge in [-0.15, -0.1) is 35.3 Å². The lowest BCUT2D eigenvalue weighted by atomic mass is 9.93. The van der Waals surface area contributed by atoms with Crippen LogP contribution in [-0.2, 0) is 16.8 Å². The summed E-state index contributed by atoms with van der Waals surface area (Å²) in [6, 6.07) is 0. The Bertz CT molecular complexity index is 716. The first-order valence-corrected chi connectivity index (χ1v) is 12.2. The van der Waals surface area contributed by atoms with E-state index in [2.05, 4.69) is 51.2 Å². The molecule has 2 saturated heterocycles. The van der Waals surface area contributed by atoms with Crippen LogP contribution in [0.2, 0.25) is 0 Å². The highest BCUT2D eigenvalue weighted by Crippen LogP contribution is 2.23. The minimum Gasteiger partial charge on any atom is -0.350 e. The molecule has 3 heterocycles. The van der Waals surface area contributed by atoms with Crippen molar-refractivity contribution in [1.29, 1.82) is 0 Å². The van der Waals surface area contributed by atoms with Crippen molar-refractivity contribution < 1.29 is 4.79 Å². The molecule has 1 aromatic rings. The van der Waals surface area contributed by atoms with Gasteiger partial charge in [-0.1, -0.05) is 33.6 Å². The van der Waals surface area contributed by atoms with Crippen LogP contribution in [0.25, 0.3) is 0 Å². The van der Waals surface area contributed by atoms with Gasteiger partial charge in [0.05, 0.1) is 18.8 Å². The average Bonchev–Trinajstić information content (AvgIpc) is 3.04. The number of hydrogen-bond acceptors (Lipinski definition) is 5. The van der Waals surface area contributed by atoms with Crippen LogP contribution >= 0.6 is 35.3 Å². The number of likely N-dealkylation sites (tertiary alicyclic amines) is 1. The molecule has 0 aliphatic carbocycles. The number of aromatic nitrogens is 1. The minimum absolute atomic E-state index is 0. The van der Waals surface area contributed by atoms with E-state index >= 15 is 0 Å². The molecule has 0 aromatic carbocycles. The second-order valence-electron chi connectivity index (χ2n) is 9.34. The standard InChI is InChI=1S/C22H38N6OS.HI/c1-22(2,3)18-17-30-19(25-18)15-24-21(23-4)28-13-11-26(12-14-28)16-20(29)27-9-7-5-6-8-10-27;/h17H,5-16H2,1-4H3,(H,23,24);1H. The van der Waals surface area contributed by atoms with Crippen molar-refractivity contribution in [3.05, 3.63) is 16.1 Å². The molecule has 1 N–H and O–H groups in total. The molecular formula is C22H39IN6OS. The SMILES string of the molecule is CN=C(NCc1nc(C(C)(C)C)cs1)N1CCN(CC(=O)N2CCCCCC2)CC1.I. The zero-order valence-electron chi connectivity index (χ0n) is 19.5. The van der Waals surface area contributed by atoms with E-state index < -0.39 is 0 Å². The molecule has 7 nitrogen and oxygen atoms in total. The van der Waals surface area contributed by atoms with Crippen LogP contribution in [0.3, 0.4) is 0 Å². The third-order valence-electron chi connectivity index (χ3n) is 5.92. The summed E-state index contributed by atoms with van der Waals surface area (Å²) in [4.78, 5) is 28.5. The molecule has 3 rings (SSSR count). The van der Waals surface area contributed by atoms with E-state index in [1.165, 1.54) is 12.8 Å². The lowest BCUT2D eigenvalue weighted by Crippen LogP contribution is -2.54. The number of nitrogens with zero attached hydrogens (tertiary/aromatic N) is 5. The first kappa shape index (κ1) is 26.3. The highest BCUT2D eigenvalue weighted by atomic mass is 127. The third kappa shape index (κ3) is 7.85. The van der Waals surface area contributed by atoms with E-state index in [0.29, 0.717) is 19.0 Å². The number of hydrogen-bond donors (Lipinski definition) is 1. The Balaban J connectivity index is 0.00000341. The first-order chi connectivity index (χ1) is 14.4. The Hall–Kier alpha value is -0.940. The van der Waals surface area contributed by atoms with E-state index in [9.17, 15) is 4.79 Å². The van der Waals surface area contributed by atoms with Gasteiger partial charge in [-0.25, -0.2) is 4.98 Å². The molecule has 0 atom stereocenters. The van der Waals surface area contributed by atoms with Crippen LogP contribution in [0, 0.1) is 0 Å². The van der Waals surface area contributed by atoms with Crippen LogP contribution in [-0.4, -0.2) is 84.4 Å². The second kappa shape index (κ2) is 12.3. The molecule has 2 aliphatic heterocycles. The van der Waals surface area contributed by atoms with Gasteiger partial charge >= 0.3 is 0 Å². The Morgan fingerprint density at radius 1 is 1.06 bits per heavy atom. The normalized spacial score (nSPS) is 19.0. The molecule has 31 heavy (non-hydrogen) atoms. The number of piperazine rings is 1. The van der Waals surface area contributed by atoms with Crippen LogP contribution < -0.4 is 5.32 Å². The fourth-order valence-corrected chi connectivity index (χ4v) is 4.91. The smallest absolute Gasteiger partial charge is 0.236 e. The highest BCUT2D eigenvalue weighted by molar-refractivity contribution is 14.0. The largest absolute Gasteiger partial charge is 0.350 e. The number of carbonyl (C=O) groups excluding carboxylic acids is 1. The molecule has 1 aromatic heterocycles. The summed E-state index contributed by atoms with van der Waals surface area (Å²) >= 11 is 1.70. The molecule has 2 fully saturated rings. The number of rotatable bonds is 4. The first-order valence-electron chi connectivity index (χ1n) is 11.3. The van der Waals surface area contributed by atoms with Crippen LogP contribution in [0.4, 0.5) is 0 Å². The van der Waals surface area contributed by atoms with Crippen LogP contribution in [0.15, 0.2) is 10.4 Å². The van der Waals surface area contributed by atoms with Crippen molar-refractivity contribution in [3.8, 4) is 0 Å². The molecule has 0 unspecified atom stereocenters. The number of nitrogens with one attached hydrogen (secondary N) is 1. The maximum Gasteiger partial charge on any atom is 0.236 e. The Morgan fingerprint density at radius 2 is 1.71 bits per heavy atom. The van der Waals surface area contributed by atoms with Crippen molar-refractivity contribution in [2.24, 2.45) is 4.99 Å². The second-order valence-corrected chi connectivity index (χ2v) is 10.3. The topological polar surface area (TPSA) is 64.1 Å². The molecule has 0 bridgehead atoms. The predicted octanol–water partition coefficient (Wildman–Crippen LogP) is 3.15. The number of carbonyl (C=O) groups is 1. The molecule has 1 amide bonds. The molecular weight excluding hydrogens is 523 g/mol. The molecule has 9 heteroatoms. The number of thiazole rings is 1. The molecule has 0 spiro atoms. The Morgan fingerprint density at radius 3 is 2.26 bits per heavy atom. The molecule has 2 aliphatic rings. The van der Waals surface area contributed by atoms with Gasteiger partial charge < -0.3 is 15.1 Å². The van der Waals surface area contributed by atoms with Crippen molar-refractivity contribution in [3.63, 3.8) is 0 Å². The summed E-state index contributed by atoms with van der Waals surface area (Å²) < 4.78 is 0. The average molecular weight is 563 g/mol. The fourth-order valence-electron chi connectivity index (χ4n) is 3.95. The fraction of sp³-hybridized carbons (Fsp3) is 0.773. The number of amides is 1. The molecule has 0 saturated carbocycles. The van der Waals surface area contributed by atoms with Crippen molar-refractivity contribution in [2.75, 3.05) is 52.9 Å². The van der Waals surface area contributed by atoms with Gasteiger partial charge in [0.1, 0.15) is 5.01 Å². The number of guanidine groups is 1. The van der Waals surface area contributed by atoms with Gasteiger partial charge in [0, 0.05) is 57.1 Å². The van der Waals surface area contributed by atoms with Crippen molar-refractivity contribution >= 4 is 47.2 Å². The summed E-state index contributed by atoms with van der Waals surface area (Å²) in [6.07, 6.45) is 4.82. The van der Waals surface area contributed by atoms with Crippen LogP contribution in [0.5, 0.6) is 0 Å². The number of aliphatic imine (C=N–C) groups is 1. The zero-order valence-corrected chi connectivity index (χ0v) is 22.7. The maximum atomic E-state index is 12.7. The van der Waals surface area contributed by atoms with E-state index in [1.807, 2.05) is 7.05 Å². The van der Waals surface area contributed by atoms with Gasteiger partial charge in [-0.2, -0.15) is 0 Å². The van der Waals surface area contributed by atoms with Gasteiger partial charge in [0.15, 0.2) is 5.96 Å². The predicted molar refractivity (Wildman–Crippen MR) is 139 cm³/mol. The van der Waals surface area contributed by atoms with Crippen LogP contribution in [0.1, 0.15) is 57.2 Å². The van der Waals surface area contributed by atoms with Gasteiger partial charge in [0.25, 0.3) is 0 Å². The summed E-state index contributed by atoms with van der Waals surface area (Å²) in [7, 11) is 1.83. The summed E-state index contributed by atoms with van der Waals surface area (Å²) in [5, 5.41) is 6.70. The Kier molecular flexibility index (Phi) is 10.5. The van der Waals surface area contributed by atoms with E-state index in [-0.39, 0.29) is 29.4 Å². The minimum atomic E-state index is 0. The highest BCUT2D eigenvalue weighted by Gasteiger charge is 2.24. The van der Waals surface area contributed by atoms with Gasteiger partial charge in [-0.3, -0.25) is 14.7 Å². The van der Waals surface area contributed by atoms with Gasteiger partial charge in [0.2, 0.25) is 5.91 Å². The van der Waals surface area contributed by atoms with E-state index in [4.69, 9.17) is 4.98 Å². The Labute approximate surface area is 208 Å². The quantitative estimate of drug-likeness (QED) is 0.347. The molecule has 0 radical (unpaired) electrons. The summed E-state index contributed by atoms with van der Waals surface area (Å²) in [5.41, 5.74) is 1.22.